The molecule has 3 aromatic rings. The van der Waals surface area contributed by atoms with E-state index in [-0.39, 0.29) is 17.9 Å². The van der Waals surface area contributed by atoms with Gasteiger partial charge in [0.25, 0.3) is 0 Å². The smallest absolute Gasteiger partial charge is 0.311 e. The number of carbonyl (C=O) groups is 1. The molecule has 1 fully saturated rings. The van der Waals surface area contributed by atoms with Gasteiger partial charge in [0.05, 0.1) is 31.8 Å². The predicted octanol–water partition coefficient (Wildman–Crippen LogP) is 4.94. The molecule has 1 saturated carbocycles. The third kappa shape index (κ3) is 5.35. The Morgan fingerprint density at radius 1 is 1.22 bits per heavy atom. The number of benzene rings is 2. The Kier molecular flexibility index (Phi) is 8.03. The summed E-state index contributed by atoms with van der Waals surface area (Å²) >= 11 is 2.33. The molecule has 0 bridgehead atoms. The topological polar surface area (TPSA) is 98.6 Å². The number of aromatic nitrogens is 1. The molecule has 2 heterocycles. The van der Waals surface area contributed by atoms with Gasteiger partial charge in [-0.25, -0.2) is 0 Å². The van der Waals surface area contributed by atoms with Gasteiger partial charge in [0.1, 0.15) is 0 Å². The Hall–Kier alpha value is -2.61. The van der Waals surface area contributed by atoms with Crippen molar-refractivity contribution in [3.63, 3.8) is 0 Å². The average Bonchev–Trinajstić information content (AvgIpc) is 3.28. The fourth-order valence-electron chi connectivity index (χ4n) is 6.19. The highest BCUT2D eigenvalue weighted by Gasteiger charge is 2.46. The summed E-state index contributed by atoms with van der Waals surface area (Å²) in [5.74, 6) is -1.17. The third-order valence-electron chi connectivity index (χ3n) is 8.07. The minimum Gasteiger partial charge on any atom is -0.469 e. The Labute approximate surface area is 230 Å². The zero-order valence-electron chi connectivity index (χ0n) is 20.9. The van der Waals surface area contributed by atoms with Crippen LogP contribution in [0.2, 0.25) is 0 Å². The highest BCUT2D eigenvalue weighted by molar-refractivity contribution is 14.1. The van der Waals surface area contributed by atoms with Gasteiger partial charge in [-0.2, -0.15) is 5.26 Å². The lowest BCUT2D eigenvalue weighted by Gasteiger charge is -2.42. The fraction of sp³-hybridized carbons (Fsp3) is 0.448. The molecule has 0 radical (unpaired) electrons. The van der Waals surface area contributed by atoms with Gasteiger partial charge >= 0.3 is 5.97 Å². The molecule has 1 unspecified atom stereocenters. The van der Waals surface area contributed by atoms with Gasteiger partial charge in [-0.3, -0.25) is 4.79 Å². The predicted molar refractivity (Wildman–Crippen MR) is 148 cm³/mol. The van der Waals surface area contributed by atoms with Gasteiger partial charge in [0.2, 0.25) is 0 Å². The zero-order chi connectivity index (χ0) is 25.9. The molecule has 7 nitrogen and oxygen atoms in total. The van der Waals surface area contributed by atoms with Crippen LogP contribution in [0.25, 0.3) is 10.9 Å². The van der Waals surface area contributed by atoms with Crippen molar-refractivity contribution < 1.29 is 19.4 Å². The number of aliphatic hydroxyl groups excluding tert-OH is 1. The quantitative estimate of drug-likeness (QED) is 0.246. The molecule has 0 amide bonds. The van der Waals surface area contributed by atoms with Gasteiger partial charge in [0, 0.05) is 33.3 Å². The van der Waals surface area contributed by atoms with Crippen LogP contribution in [0.5, 0.6) is 0 Å². The van der Waals surface area contributed by atoms with Crippen LogP contribution < -0.4 is 0 Å². The molecule has 2 aliphatic rings. The van der Waals surface area contributed by atoms with Crippen molar-refractivity contribution >= 4 is 39.5 Å². The van der Waals surface area contributed by atoms with Gasteiger partial charge < -0.3 is 24.5 Å². The summed E-state index contributed by atoms with van der Waals surface area (Å²) in [7, 11) is 1.38. The SMILES string of the molecule is COC(=O)[C@@H]1[C@H]2CC(OCc3ccccc3I)c3[nH]c4ccccc4c3CCN(C#N)C[C@@H]2CC[C@@H]1O. The number of hydrogen-bond donors (Lipinski definition) is 2. The van der Waals surface area contributed by atoms with E-state index in [9.17, 15) is 15.2 Å². The van der Waals surface area contributed by atoms with Gasteiger partial charge in [-0.05, 0) is 83.4 Å². The third-order valence-corrected chi connectivity index (χ3v) is 9.12. The number of carbonyl (C=O) groups excluding carboxylic acids is 1. The van der Waals surface area contributed by atoms with Crippen LogP contribution in [0.15, 0.2) is 48.5 Å². The van der Waals surface area contributed by atoms with Crippen molar-refractivity contribution in [2.75, 3.05) is 20.2 Å². The highest BCUT2D eigenvalue weighted by atomic mass is 127. The van der Waals surface area contributed by atoms with Crippen LogP contribution in [0, 0.1) is 32.8 Å². The van der Waals surface area contributed by atoms with E-state index in [2.05, 4.69) is 58.0 Å². The molecule has 1 aliphatic heterocycles. The number of H-pyrrole nitrogens is 1. The summed E-state index contributed by atoms with van der Waals surface area (Å²) in [6.45, 7) is 1.58. The number of nitrogens with one attached hydrogen (secondary N) is 1. The molecule has 5 atom stereocenters. The molecule has 2 N–H and O–H groups in total. The summed E-state index contributed by atoms with van der Waals surface area (Å²) in [5.41, 5.74) is 4.28. The van der Waals surface area contributed by atoms with Crippen LogP contribution in [-0.2, 0) is 27.3 Å². The largest absolute Gasteiger partial charge is 0.469 e. The number of nitriles is 1. The molecule has 37 heavy (non-hydrogen) atoms. The lowest BCUT2D eigenvalue weighted by molar-refractivity contribution is -0.158. The number of hydrogen-bond acceptors (Lipinski definition) is 6. The molecule has 1 aliphatic carbocycles. The molecule has 194 valence electrons. The summed E-state index contributed by atoms with van der Waals surface area (Å²) in [6.07, 6.45) is 3.82. The van der Waals surface area contributed by atoms with Crippen LogP contribution in [0.4, 0.5) is 0 Å². The molecular formula is C29H32IN3O4. The maximum Gasteiger partial charge on any atom is 0.311 e. The Bertz CT molecular complexity index is 1300. The summed E-state index contributed by atoms with van der Waals surface area (Å²) in [6, 6.07) is 16.4. The van der Waals surface area contributed by atoms with Gasteiger partial charge in [0.15, 0.2) is 6.19 Å². The second-order valence-corrected chi connectivity index (χ2v) is 11.3. The number of aliphatic hydroxyl groups is 1. The van der Waals surface area contributed by atoms with Crippen molar-refractivity contribution in [3.8, 4) is 6.19 Å². The van der Waals surface area contributed by atoms with Crippen molar-refractivity contribution in [2.45, 2.75) is 44.5 Å². The molecule has 0 spiro atoms. The van der Waals surface area contributed by atoms with E-state index in [0.29, 0.717) is 32.5 Å². The Morgan fingerprint density at radius 3 is 2.78 bits per heavy atom. The van der Waals surface area contributed by atoms with Crippen molar-refractivity contribution in [1.82, 2.24) is 9.88 Å². The number of para-hydroxylation sites is 1. The minimum atomic E-state index is -0.773. The fourth-order valence-corrected chi connectivity index (χ4v) is 6.73. The van der Waals surface area contributed by atoms with E-state index >= 15 is 0 Å². The van der Waals surface area contributed by atoms with E-state index in [1.807, 2.05) is 29.2 Å². The molecule has 2 aromatic carbocycles. The first-order valence-electron chi connectivity index (χ1n) is 12.8. The summed E-state index contributed by atoms with van der Waals surface area (Å²) in [5, 5.41) is 22.0. The van der Waals surface area contributed by atoms with Gasteiger partial charge in [-0.15, -0.1) is 0 Å². The normalized spacial score (nSPS) is 26.1. The number of halogens is 1. The number of fused-ring (bicyclic) bond motifs is 4. The Morgan fingerprint density at radius 2 is 2.00 bits per heavy atom. The van der Waals surface area contributed by atoms with Gasteiger partial charge in [-0.1, -0.05) is 36.4 Å². The van der Waals surface area contributed by atoms with E-state index in [1.54, 1.807) is 0 Å². The molecule has 0 saturated heterocycles. The number of ether oxygens (including phenoxy) is 2. The Balaban J connectivity index is 1.59. The number of aromatic amines is 1. The first kappa shape index (κ1) is 26.0. The van der Waals surface area contributed by atoms with E-state index in [4.69, 9.17) is 9.47 Å². The van der Waals surface area contributed by atoms with Crippen LogP contribution in [-0.4, -0.2) is 47.3 Å². The lowest BCUT2D eigenvalue weighted by Crippen LogP contribution is -2.47. The lowest BCUT2D eigenvalue weighted by atomic mass is 9.67. The number of nitrogens with zero attached hydrogens (tertiary/aromatic N) is 2. The van der Waals surface area contributed by atoms with E-state index in [1.165, 1.54) is 7.11 Å². The maximum atomic E-state index is 12.9. The number of esters is 1. The summed E-state index contributed by atoms with van der Waals surface area (Å²) < 4.78 is 13.0. The monoisotopic (exact) mass is 613 g/mol. The standard InChI is InChI=1S/C29H32IN3O4/c1-36-29(35)27-22-14-26(37-16-19-6-2-4-8-23(19)30)28-21(20-7-3-5-9-24(20)32-28)12-13-33(17-31)15-18(22)10-11-25(27)34/h2-9,18,22,25-27,32,34H,10-16H2,1H3/t18-,22-,25-,26?,27+/m0/s1. The van der Waals surface area contributed by atoms with Crippen LogP contribution in [0.1, 0.15) is 42.2 Å². The zero-order valence-corrected chi connectivity index (χ0v) is 23.1. The van der Waals surface area contributed by atoms with Crippen molar-refractivity contribution in [3.05, 3.63) is 68.9 Å². The van der Waals surface area contributed by atoms with Crippen LogP contribution in [0.3, 0.4) is 0 Å². The van der Waals surface area contributed by atoms with Crippen molar-refractivity contribution in [1.29, 1.82) is 5.26 Å². The first-order chi connectivity index (χ1) is 18.0. The van der Waals surface area contributed by atoms with Crippen molar-refractivity contribution in [2.24, 2.45) is 17.8 Å². The molecular weight excluding hydrogens is 581 g/mol. The summed E-state index contributed by atoms with van der Waals surface area (Å²) in [4.78, 5) is 18.4. The maximum absolute atomic E-state index is 12.9. The average molecular weight is 613 g/mol. The second-order valence-electron chi connectivity index (χ2n) is 10.1. The molecule has 5 rings (SSSR count). The molecule has 1 aromatic heterocycles. The van der Waals surface area contributed by atoms with Crippen LogP contribution >= 0.6 is 22.6 Å². The molecule has 8 heteroatoms. The number of rotatable bonds is 4. The van der Waals surface area contributed by atoms with E-state index < -0.39 is 18.0 Å². The number of methoxy groups -OCH3 is 1. The second kappa shape index (κ2) is 11.4. The highest BCUT2D eigenvalue weighted by Crippen LogP contribution is 2.44. The first-order valence-corrected chi connectivity index (χ1v) is 13.9. The minimum absolute atomic E-state index is 0.0704. The van der Waals surface area contributed by atoms with E-state index in [0.717, 1.165) is 44.1 Å².